The predicted octanol–water partition coefficient (Wildman–Crippen LogP) is 1.14. The zero-order chi connectivity index (χ0) is 21.5. The number of likely N-dealkylation sites (N-methyl/N-ethyl adjacent to an activating group) is 1. The van der Waals surface area contributed by atoms with Gasteiger partial charge in [-0.15, -0.1) is 0 Å². The van der Waals surface area contributed by atoms with Gasteiger partial charge in [-0.3, -0.25) is 9.59 Å². The molecule has 0 bridgehead atoms. The first kappa shape index (κ1) is 21.0. The topological polar surface area (TPSA) is 117 Å². The van der Waals surface area contributed by atoms with Gasteiger partial charge in [0.05, 0.1) is 5.56 Å². The van der Waals surface area contributed by atoms with E-state index in [1.165, 1.54) is 17.0 Å². The number of para-hydroxylation sites is 1. The Hall–Kier alpha value is -3.75. The van der Waals surface area contributed by atoms with E-state index in [4.69, 9.17) is 24.7 Å². The Kier molecular flexibility index (Phi) is 6.74. The van der Waals surface area contributed by atoms with Crippen molar-refractivity contribution >= 4 is 17.8 Å². The van der Waals surface area contributed by atoms with E-state index in [2.05, 4.69) is 0 Å². The highest BCUT2D eigenvalue weighted by atomic mass is 16.6. The van der Waals surface area contributed by atoms with Crippen LogP contribution in [0.25, 0.3) is 0 Å². The number of ether oxygens (including phenoxy) is 4. The minimum atomic E-state index is -0.740. The van der Waals surface area contributed by atoms with Crippen molar-refractivity contribution in [3.63, 3.8) is 0 Å². The van der Waals surface area contributed by atoms with Crippen molar-refractivity contribution < 1.29 is 33.3 Å². The van der Waals surface area contributed by atoms with Crippen LogP contribution in [0, 0.1) is 0 Å². The van der Waals surface area contributed by atoms with Gasteiger partial charge in [0.15, 0.2) is 24.7 Å². The molecule has 158 valence electrons. The maximum Gasteiger partial charge on any atom is 0.344 e. The van der Waals surface area contributed by atoms with Gasteiger partial charge in [-0.05, 0) is 29.8 Å². The van der Waals surface area contributed by atoms with Crippen LogP contribution in [0.5, 0.6) is 17.2 Å². The third kappa shape index (κ3) is 5.40. The summed E-state index contributed by atoms with van der Waals surface area (Å²) in [5, 5.41) is 0. The van der Waals surface area contributed by atoms with Gasteiger partial charge in [-0.1, -0.05) is 18.2 Å². The minimum Gasteiger partial charge on any atom is -0.486 e. The lowest BCUT2D eigenvalue weighted by Gasteiger charge is -2.21. The number of fused-ring (bicyclic) bond motifs is 1. The molecule has 2 amide bonds. The highest BCUT2D eigenvalue weighted by molar-refractivity contribution is 5.95. The molecule has 9 heteroatoms. The summed E-state index contributed by atoms with van der Waals surface area (Å²) in [6, 6.07) is 11.7. The van der Waals surface area contributed by atoms with E-state index in [-0.39, 0.29) is 17.2 Å². The maximum atomic E-state index is 12.2. The van der Waals surface area contributed by atoms with Crippen molar-refractivity contribution in [3.8, 4) is 17.2 Å². The van der Waals surface area contributed by atoms with E-state index >= 15 is 0 Å². The molecule has 3 rings (SSSR count). The third-order valence-corrected chi connectivity index (χ3v) is 4.31. The Labute approximate surface area is 173 Å². The molecule has 0 fully saturated rings. The second kappa shape index (κ2) is 9.64. The van der Waals surface area contributed by atoms with Gasteiger partial charge >= 0.3 is 5.97 Å². The van der Waals surface area contributed by atoms with Gasteiger partial charge in [0.25, 0.3) is 11.8 Å². The van der Waals surface area contributed by atoms with Crippen molar-refractivity contribution in [2.75, 3.05) is 33.5 Å². The number of carbonyl (C=O) groups is 3. The number of hydrogen-bond donors (Lipinski definition) is 1. The fraction of sp³-hybridized carbons (Fsp3) is 0.286. The molecule has 2 aromatic rings. The molecule has 0 aliphatic carbocycles. The van der Waals surface area contributed by atoms with Gasteiger partial charge < -0.3 is 29.6 Å². The molecule has 0 aromatic heterocycles. The first-order chi connectivity index (χ1) is 14.4. The summed E-state index contributed by atoms with van der Waals surface area (Å²) in [7, 11) is 1.60. The molecule has 30 heavy (non-hydrogen) atoms. The monoisotopic (exact) mass is 414 g/mol. The van der Waals surface area contributed by atoms with Crippen LogP contribution in [0.2, 0.25) is 0 Å². The largest absolute Gasteiger partial charge is 0.486 e. The standard InChI is InChI=1S/C21H22N2O7/c1-23(11-14-6-7-17-18(10-14)28-9-8-27-17)19(24)12-30-20(25)13-29-16-5-3-2-4-15(16)21(22)26/h2-7,10H,8-9,11-13H2,1H3,(H2,22,26). The first-order valence-corrected chi connectivity index (χ1v) is 9.24. The second-order valence-electron chi connectivity index (χ2n) is 6.54. The molecular formula is C21H22N2O7. The second-order valence-corrected chi connectivity index (χ2v) is 6.54. The fourth-order valence-electron chi connectivity index (χ4n) is 2.77. The number of amides is 2. The molecular weight excluding hydrogens is 392 g/mol. The lowest BCUT2D eigenvalue weighted by molar-refractivity contribution is -0.153. The van der Waals surface area contributed by atoms with Crippen LogP contribution in [0.4, 0.5) is 0 Å². The van der Waals surface area contributed by atoms with E-state index in [1.807, 2.05) is 12.1 Å². The summed E-state index contributed by atoms with van der Waals surface area (Å²) in [4.78, 5) is 36.9. The molecule has 1 aliphatic rings. The molecule has 2 aromatic carbocycles. The predicted molar refractivity (Wildman–Crippen MR) is 105 cm³/mol. The highest BCUT2D eigenvalue weighted by Gasteiger charge is 2.16. The molecule has 1 heterocycles. The molecule has 0 saturated heterocycles. The van der Waals surface area contributed by atoms with Crippen LogP contribution in [0.1, 0.15) is 15.9 Å². The summed E-state index contributed by atoms with van der Waals surface area (Å²) >= 11 is 0. The summed E-state index contributed by atoms with van der Waals surface area (Å²) in [6.45, 7) is 0.417. The van der Waals surface area contributed by atoms with Crippen molar-refractivity contribution in [1.82, 2.24) is 4.90 Å². The average Bonchev–Trinajstić information content (AvgIpc) is 2.76. The molecule has 9 nitrogen and oxygen atoms in total. The quantitative estimate of drug-likeness (QED) is 0.644. The highest BCUT2D eigenvalue weighted by Crippen LogP contribution is 2.31. The van der Waals surface area contributed by atoms with Crippen LogP contribution in [0.15, 0.2) is 42.5 Å². The summed E-state index contributed by atoms with van der Waals surface area (Å²) < 4.78 is 21.2. The van der Waals surface area contributed by atoms with E-state index < -0.39 is 25.1 Å². The third-order valence-electron chi connectivity index (χ3n) is 4.31. The summed E-state index contributed by atoms with van der Waals surface area (Å²) in [5.74, 6) is -0.310. The molecule has 1 aliphatic heterocycles. The van der Waals surface area contributed by atoms with Crippen LogP contribution in [-0.2, 0) is 20.9 Å². The van der Waals surface area contributed by atoms with Crippen molar-refractivity contribution in [1.29, 1.82) is 0 Å². The fourth-order valence-corrected chi connectivity index (χ4v) is 2.77. The Balaban J connectivity index is 1.45. The van der Waals surface area contributed by atoms with Crippen LogP contribution in [-0.4, -0.2) is 56.2 Å². The number of benzene rings is 2. The smallest absolute Gasteiger partial charge is 0.344 e. The normalized spacial score (nSPS) is 12.0. The molecule has 0 atom stereocenters. The zero-order valence-corrected chi connectivity index (χ0v) is 16.5. The molecule has 0 saturated carbocycles. The number of nitrogens with zero attached hydrogens (tertiary/aromatic N) is 1. The average molecular weight is 414 g/mol. The minimum absolute atomic E-state index is 0.153. The van der Waals surface area contributed by atoms with Crippen LogP contribution >= 0.6 is 0 Å². The number of esters is 1. The van der Waals surface area contributed by atoms with Gasteiger partial charge in [-0.2, -0.15) is 0 Å². The van der Waals surface area contributed by atoms with Crippen molar-refractivity contribution in [2.45, 2.75) is 6.54 Å². The molecule has 2 N–H and O–H groups in total. The number of hydrogen-bond acceptors (Lipinski definition) is 7. The Morgan fingerprint density at radius 3 is 2.53 bits per heavy atom. The lowest BCUT2D eigenvalue weighted by Crippen LogP contribution is -2.31. The number of nitrogens with two attached hydrogens (primary N) is 1. The Morgan fingerprint density at radius 1 is 1.03 bits per heavy atom. The van der Waals surface area contributed by atoms with Gasteiger partial charge in [0.1, 0.15) is 19.0 Å². The maximum absolute atomic E-state index is 12.2. The zero-order valence-electron chi connectivity index (χ0n) is 16.5. The summed E-state index contributed by atoms with van der Waals surface area (Å²) in [5.41, 5.74) is 6.26. The molecule has 0 spiro atoms. The van der Waals surface area contributed by atoms with Crippen molar-refractivity contribution in [3.05, 3.63) is 53.6 Å². The lowest BCUT2D eigenvalue weighted by atomic mass is 10.2. The SMILES string of the molecule is CN(Cc1ccc2c(c1)OCCO2)C(=O)COC(=O)COc1ccccc1C(N)=O. The van der Waals surface area contributed by atoms with Crippen LogP contribution in [0.3, 0.4) is 0 Å². The number of primary amides is 1. The van der Waals surface area contributed by atoms with Crippen LogP contribution < -0.4 is 19.9 Å². The van der Waals surface area contributed by atoms with Gasteiger partial charge in [0, 0.05) is 13.6 Å². The van der Waals surface area contributed by atoms with E-state index in [1.54, 1.807) is 25.2 Å². The molecule has 0 radical (unpaired) electrons. The van der Waals surface area contributed by atoms with Gasteiger partial charge in [0.2, 0.25) is 0 Å². The first-order valence-electron chi connectivity index (χ1n) is 9.24. The van der Waals surface area contributed by atoms with E-state index in [0.29, 0.717) is 31.3 Å². The molecule has 0 unspecified atom stereocenters. The Bertz CT molecular complexity index is 945. The number of rotatable bonds is 8. The van der Waals surface area contributed by atoms with E-state index in [9.17, 15) is 14.4 Å². The Morgan fingerprint density at radius 2 is 1.77 bits per heavy atom. The summed E-state index contributed by atoms with van der Waals surface area (Å²) in [6.07, 6.45) is 0. The van der Waals surface area contributed by atoms with Crippen molar-refractivity contribution in [2.24, 2.45) is 5.73 Å². The van der Waals surface area contributed by atoms with Gasteiger partial charge in [-0.25, -0.2) is 4.79 Å². The number of carbonyl (C=O) groups excluding carboxylic acids is 3. The van der Waals surface area contributed by atoms with E-state index in [0.717, 1.165) is 5.56 Å².